The van der Waals surface area contributed by atoms with E-state index >= 15 is 0 Å². The van der Waals surface area contributed by atoms with Gasteiger partial charge in [0.1, 0.15) is 11.5 Å². The monoisotopic (exact) mass is 350 g/mol. The van der Waals surface area contributed by atoms with Crippen molar-refractivity contribution in [1.29, 1.82) is 0 Å². The average Bonchev–Trinajstić information content (AvgIpc) is 2.55. The Bertz CT molecular complexity index is 569. The van der Waals surface area contributed by atoms with Crippen molar-refractivity contribution in [2.45, 2.75) is 0 Å². The van der Waals surface area contributed by atoms with Gasteiger partial charge in [-0.15, -0.1) is 0 Å². The van der Waals surface area contributed by atoms with Gasteiger partial charge in [-0.2, -0.15) is 0 Å². The molecule has 0 unspecified atom stereocenters. The van der Waals surface area contributed by atoms with Gasteiger partial charge in [-0.1, -0.05) is 0 Å². The van der Waals surface area contributed by atoms with Gasteiger partial charge in [-0.25, -0.2) is 9.59 Å². The van der Waals surface area contributed by atoms with Gasteiger partial charge in [0.15, 0.2) is 0 Å². The predicted molar refractivity (Wildman–Crippen MR) is 90.4 cm³/mol. The molecular formula is C16H16Na2O6. The van der Waals surface area contributed by atoms with Crippen molar-refractivity contribution in [1.82, 2.24) is 0 Å². The molecule has 0 fully saturated rings. The minimum Gasteiger partial charge on any atom is -0.508 e. The number of benzene rings is 2. The largest absolute Gasteiger partial charge is 0.508 e. The first-order chi connectivity index (χ1) is 10.5. The zero-order valence-corrected chi connectivity index (χ0v) is 18.1. The van der Waals surface area contributed by atoms with E-state index in [0.29, 0.717) is 11.1 Å². The molecule has 6 nitrogen and oxygen atoms in total. The molecule has 0 bridgehead atoms. The summed E-state index contributed by atoms with van der Waals surface area (Å²) in [6.07, 6.45) is 0. The zero-order chi connectivity index (χ0) is 16.5. The average molecular weight is 350 g/mol. The topological polar surface area (TPSA) is 93.1 Å². The van der Waals surface area contributed by atoms with Crippen molar-refractivity contribution in [3.8, 4) is 11.5 Å². The number of methoxy groups -OCH3 is 2. The SMILES string of the molecule is COC(=O)c1ccc(O)cc1.COC(=O)c1ccc(O)cc1.[Na].[Na]. The summed E-state index contributed by atoms with van der Waals surface area (Å²) in [5.41, 5.74) is 0.871. The number of phenolic OH excluding ortho intramolecular Hbond substituents is 2. The van der Waals surface area contributed by atoms with Crippen molar-refractivity contribution in [2.24, 2.45) is 0 Å². The number of carbonyl (C=O) groups is 2. The number of phenols is 2. The number of esters is 2. The van der Waals surface area contributed by atoms with Gasteiger partial charge in [0.2, 0.25) is 0 Å². The van der Waals surface area contributed by atoms with Gasteiger partial charge in [0.05, 0.1) is 25.3 Å². The summed E-state index contributed by atoms with van der Waals surface area (Å²) in [6.45, 7) is 0. The Kier molecular flexibility index (Phi) is 14.0. The number of hydrogen-bond donors (Lipinski definition) is 2. The van der Waals surface area contributed by atoms with Crippen LogP contribution in [0.25, 0.3) is 0 Å². The molecule has 0 saturated heterocycles. The molecule has 2 aromatic rings. The van der Waals surface area contributed by atoms with E-state index in [2.05, 4.69) is 9.47 Å². The third kappa shape index (κ3) is 8.73. The molecule has 8 heteroatoms. The van der Waals surface area contributed by atoms with Crippen LogP contribution in [0.2, 0.25) is 0 Å². The summed E-state index contributed by atoms with van der Waals surface area (Å²) in [7, 11) is 2.63. The third-order valence-corrected chi connectivity index (χ3v) is 2.58. The molecule has 0 amide bonds. The fourth-order valence-corrected chi connectivity index (χ4v) is 1.43. The van der Waals surface area contributed by atoms with Crippen LogP contribution in [-0.4, -0.2) is 95.5 Å². The maximum Gasteiger partial charge on any atom is 0.337 e. The molecule has 0 aromatic heterocycles. The molecule has 0 atom stereocenters. The smallest absolute Gasteiger partial charge is 0.337 e. The van der Waals surface area contributed by atoms with Gasteiger partial charge in [0, 0.05) is 59.1 Å². The summed E-state index contributed by atoms with van der Waals surface area (Å²) in [6, 6.07) is 11.8. The minimum absolute atomic E-state index is 0. The number of hydrogen-bond acceptors (Lipinski definition) is 6. The molecule has 0 aliphatic rings. The Hall–Kier alpha value is -1.02. The Balaban J connectivity index is 0. The molecule has 2 rings (SSSR count). The van der Waals surface area contributed by atoms with Crippen LogP contribution in [0, 0.1) is 0 Å². The normalized spacial score (nSPS) is 8.42. The maximum atomic E-state index is 10.8. The number of aromatic hydroxyl groups is 2. The van der Waals surface area contributed by atoms with Crippen LogP contribution in [-0.2, 0) is 9.47 Å². The van der Waals surface area contributed by atoms with E-state index in [9.17, 15) is 9.59 Å². The quantitative estimate of drug-likeness (QED) is 0.631. The van der Waals surface area contributed by atoms with E-state index in [-0.39, 0.29) is 70.6 Å². The summed E-state index contributed by atoms with van der Waals surface area (Å²) < 4.78 is 8.91. The Morgan fingerprint density at radius 1 is 0.667 bits per heavy atom. The minimum atomic E-state index is -0.398. The van der Waals surface area contributed by atoms with E-state index in [1.165, 1.54) is 62.8 Å². The standard InChI is InChI=1S/2C8H8O3.2Na/c2*1-11-8(10)6-2-4-7(9)5-3-6;;/h2*2-5,9H,1H3;;. The van der Waals surface area contributed by atoms with Crippen molar-refractivity contribution in [2.75, 3.05) is 14.2 Å². The maximum absolute atomic E-state index is 10.8. The first kappa shape index (κ1) is 25.2. The molecule has 0 aliphatic heterocycles. The van der Waals surface area contributed by atoms with Crippen molar-refractivity contribution in [3.63, 3.8) is 0 Å². The second-order valence-electron chi connectivity index (χ2n) is 4.08. The van der Waals surface area contributed by atoms with Crippen LogP contribution in [0.3, 0.4) is 0 Å². The third-order valence-electron chi connectivity index (χ3n) is 2.58. The van der Waals surface area contributed by atoms with Crippen LogP contribution in [0.1, 0.15) is 20.7 Å². The molecule has 2 N–H and O–H groups in total. The van der Waals surface area contributed by atoms with Crippen LogP contribution in [0.4, 0.5) is 0 Å². The van der Waals surface area contributed by atoms with E-state index in [4.69, 9.17) is 10.2 Å². The molecule has 0 aliphatic carbocycles. The summed E-state index contributed by atoms with van der Waals surface area (Å²) in [4.78, 5) is 21.6. The first-order valence-corrected chi connectivity index (χ1v) is 6.22. The van der Waals surface area contributed by atoms with E-state index < -0.39 is 11.9 Å². The summed E-state index contributed by atoms with van der Waals surface area (Å²) in [5.74, 6) is -0.523. The van der Waals surface area contributed by atoms with Gasteiger partial charge in [0.25, 0.3) is 0 Å². The summed E-state index contributed by atoms with van der Waals surface area (Å²) in [5, 5.41) is 17.7. The second-order valence-corrected chi connectivity index (χ2v) is 4.08. The van der Waals surface area contributed by atoms with Gasteiger partial charge in [-0.3, -0.25) is 0 Å². The molecule has 2 radical (unpaired) electrons. The molecule has 118 valence electrons. The predicted octanol–water partition coefficient (Wildman–Crippen LogP) is 1.60. The zero-order valence-electron chi connectivity index (χ0n) is 14.1. The molecular weight excluding hydrogens is 334 g/mol. The number of carbonyl (C=O) groups excluding carboxylic acids is 2. The first-order valence-electron chi connectivity index (χ1n) is 6.22. The molecule has 0 spiro atoms. The van der Waals surface area contributed by atoms with Gasteiger partial charge < -0.3 is 19.7 Å². The van der Waals surface area contributed by atoms with Crippen LogP contribution >= 0.6 is 0 Å². The van der Waals surface area contributed by atoms with Gasteiger partial charge in [-0.05, 0) is 48.5 Å². The van der Waals surface area contributed by atoms with E-state index in [0.717, 1.165) is 0 Å². The van der Waals surface area contributed by atoms with Crippen LogP contribution in [0.5, 0.6) is 11.5 Å². The Morgan fingerprint density at radius 3 is 1.12 bits per heavy atom. The van der Waals surface area contributed by atoms with Crippen LogP contribution in [0.15, 0.2) is 48.5 Å². The van der Waals surface area contributed by atoms with E-state index in [1.54, 1.807) is 0 Å². The Labute approximate surface area is 184 Å². The molecule has 24 heavy (non-hydrogen) atoms. The van der Waals surface area contributed by atoms with Crippen molar-refractivity contribution < 1.29 is 29.3 Å². The Morgan fingerprint density at radius 2 is 0.917 bits per heavy atom. The number of rotatable bonds is 2. The fourth-order valence-electron chi connectivity index (χ4n) is 1.43. The fraction of sp³-hybridized carbons (Fsp3) is 0.125. The van der Waals surface area contributed by atoms with Gasteiger partial charge >= 0.3 is 11.9 Å². The molecule has 0 heterocycles. The molecule has 0 saturated carbocycles. The summed E-state index contributed by atoms with van der Waals surface area (Å²) >= 11 is 0. The molecule has 2 aromatic carbocycles. The van der Waals surface area contributed by atoms with Crippen molar-refractivity contribution >= 4 is 71.1 Å². The number of ether oxygens (including phenoxy) is 2. The second kappa shape index (κ2) is 13.3. The van der Waals surface area contributed by atoms with Crippen LogP contribution < -0.4 is 0 Å². The van der Waals surface area contributed by atoms with Crippen molar-refractivity contribution in [3.05, 3.63) is 59.7 Å². The van der Waals surface area contributed by atoms with E-state index in [1.807, 2.05) is 0 Å².